The summed E-state index contributed by atoms with van der Waals surface area (Å²) >= 11 is 0. The number of hydrogen-bond donors (Lipinski definition) is 0. The molecule has 0 unspecified atom stereocenters. The number of nitrogens with zero attached hydrogens (tertiary/aromatic N) is 1. The van der Waals surface area contributed by atoms with Crippen LogP contribution in [-0.2, 0) is 0 Å². The second kappa shape index (κ2) is 12.3. The normalized spacial score (nSPS) is 11.3. The maximum Gasteiger partial charge on any atom is 0.0535 e. The summed E-state index contributed by atoms with van der Waals surface area (Å²) in [5.41, 5.74) is 13.2. The van der Waals surface area contributed by atoms with Crippen molar-refractivity contribution in [3.8, 4) is 61.6 Å². The van der Waals surface area contributed by atoms with Crippen molar-refractivity contribution in [1.82, 2.24) is 4.57 Å². The lowest BCUT2D eigenvalue weighted by molar-refractivity contribution is 1.10. The minimum atomic E-state index is 1.13. The molecular formula is C48H33N. The molecule has 0 saturated heterocycles. The van der Waals surface area contributed by atoms with Crippen molar-refractivity contribution < 1.29 is 0 Å². The molecule has 9 rings (SSSR count). The first kappa shape index (κ1) is 28.8. The van der Waals surface area contributed by atoms with Crippen molar-refractivity contribution in [3.05, 3.63) is 200 Å². The van der Waals surface area contributed by atoms with Crippen LogP contribution in [0.1, 0.15) is 0 Å². The minimum absolute atomic E-state index is 1.13. The van der Waals surface area contributed by atoms with E-state index in [9.17, 15) is 0 Å². The van der Waals surface area contributed by atoms with E-state index < -0.39 is 0 Å². The quantitative estimate of drug-likeness (QED) is 0.162. The van der Waals surface area contributed by atoms with Crippen LogP contribution in [0.15, 0.2) is 200 Å². The number of aromatic nitrogens is 1. The van der Waals surface area contributed by atoms with Crippen LogP contribution >= 0.6 is 0 Å². The highest BCUT2D eigenvalue weighted by Gasteiger charge is 2.20. The van der Waals surface area contributed by atoms with E-state index in [2.05, 4.69) is 205 Å². The Morgan fingerprint density at radius 3 is 1.14 bits per heavy atom. The van der Waals surface area contributed by atoms with E-state index in [1.54, 1.807) is 0 Å². The lowest BCUT2D eigenvalue weighted by Crippen LogP contribution is -2.00. The Hall–Kier alpha value is -6.44. The fourth-order valence-corrected chi connectivity index (χ4v) is 7.38. The maximum atomic E-state index is 2.42. The number of fused-ring (bicyclic) bond motifs is 2. The highest BCUT2D eigenvalue weighted by atomic mass is 15.0. The summed E-state index contributed by atoms with van der Waals surface area (Å²) in [6, 6.07) is 72.4. The van der Waals surface area contributed by atoms with Crippen LogP contribution in [0.3, 0.4) is 0 Å². The monoisotopic (exact) mass is 623 g/mol. The van der Waals surface area contributed by atoms with Crippen LogP contribution in [0, 0.1) is 0 Å². The second-order valence-corrected chi connectivity index (χ2v) is 12.5. The molecule has 1 aromatic heterocycles. The van der Waals surface area contributed by atoms with E-state index in [1.807, 2.05) is 0 Å². The minimum Gasteiger partial charge on any atom is -0.309 e. The Balaban J connectivity index is 1.36. The van der Waals surface area contributed by atoms with Crippen molar-refractivity contribution in [2.24, 2.45) is 0 Å². The molecule has 0 saturated carbocycles. The van der Waals surface area contributed by atoms with Crippen molar-refractivity contribution in [3.63, 3.8) is 0 Å². The van der Waals surface area contributed by atoms with Gasteiger partial charge in [0, 0.05) is 5.69 Å². The van der Waals surface area contributed by atoms with E-state index in [0.29, 0.717) is 0 Å². The summed E-state index contributed by atoms with van der Waals surface area (Å²) in [5.74, 6) is 0. The molecule has 0 radical (unpaired) electrons. The van der Waals surface area contributed by atoms with E-state index in [0.717, 1.165) is 17.1 Å². The van der Waals surface area contributed by atoms with Crippen LogP contribution in [0.25, 0.3) is 83.1 Å². The summed E-state index contributed by atoms with van der Waals surface area (Å²) in [4.78, 5) is 0. The first-order valence-corrected chi connectivity index (χ1v) is 16.9. The average molecular weight is 624 g/mol. The molecule has 0 amide bonds. The van der Waals surface area contributed by atoms with E-state index >= 15 is 0 Å². The van der Waals surface area contributed by atoms with Crippen molar-refractivity contribution in [2.75, 3.05) is 0 Å². The van der Waals surface area contributed by atoms with Gasteiger partial charge in [-0.25, -0.2) is 0 Å². The van der Waals surface area contributed by atoms with Gasteiger partial charge in [0.25, 0.3) is 0 Å². The molecule has 0 bridgehead atoms. The third-order valence-corrected chi connectivity index (χ3v) is 9.63. The summed E-state index contributed by atoms with van der Waals surface area (Å²) in [6.45, 7) is 0. The number of rotatable bonds is 6. The van der Waals surface area contributed by atoms with Gasteiger partial charge in [-0.2, -0.15) is 0 Å². The van der Waals surface area contributed by atoms with Crippen LogP contribution in [0.2, 0.25) is 0 Å². The zero-order chi connectivity index (χ0) is 32.6. The molecule has 0 atom stereocenters. The molecule has 0 spiro atoms. The van der Waals surface area contributed by atoms with Crippen LogP contribution in [0.5, 0.6) is 0 Å². The largest absolute Gasteiger partial charge is 0.309 e. The van der Waals surface area contributed by atoms with Crippen LogP contribution in [0.4, 0.5) is 0 Å². The second-order valence-electron chi connectivity index (χ2n) is 12.5. The van der Waals surface area contributed by atoms with Crippen molar-refractivity contribution in [2.45, 2.75) is 0 Å². The molecule has 49 heavy (non-hydrogen) atoms. The van der Waals surface area contributed by atoms with Crippen molar-refractivity contribution in [1.29, 1.82) is 0 Å². The molecular weight excluding hydrogens is 591 g/mol. The topological polar surface area (TPSA) is 4.93 Å². The Bertz CT molecular complexity index is 2490. The molecule has 1 heteroatoms. The third kappa shape index (κ3) is 5.13. The van der Waals surface area contributed by atoms with Gasteiger partial charge in [-0.05, 0) is 90.3 Å². The van der Waals surface area contributed by atoms with Gasteiger partial charge < -0.3 is 4.57 Å². The first-order valence-electron chi connectivity index (χ1n) is 16.9. The predicted molar refractivity (Wildman–Crippen MR) is 208 cm³/mol. The third-order valence-electron chi connectivity index (χ3n) is 9.63. The van der Waals surface area contributed by atoms with Gasteiger partial charge in [0.15, 0.2) is 0 Å². The van der Waals surface area contributed by atoms with Gasteiger partial charge in [-0.15, -0.1) is 0 Å². The molecule has 1 heterocycles. The molecule has 8 aromatic carbocycles. The van der Waals surface area contributed by atoms with Gasteiger partial charge in [0.05, 0.1) is 11.4 Å². The van der Waals surface area contributed by atoms with Gasteiger partial charge in [-0.3, -0.25) is 0 Å². The molecule has 0 aliphatic rings. The zero-order valence-corrected chi connectivity index (χ0v) is 27.0. The summed E-state index contributed by atoms with van der Waals surface area (Å²) in [5, 5.41) is 4.98. The van der Waals surface area contributed by atoms with Crippen molar-refractivity contribution >= 4 is 21.5 Å². The first-order chi connectivity index (χ1) is 24.3. The maximum absolute atomic E-state index is 2.42. The smallest absolute Gasteiger partial charge is 0.0535 e. The lowest BCUT2D eigenvalue weighted by atomic mass is 9.85. The highest BCUT2D eigenvalue weighted by Crippen LogP contribution is 2.45. The SMILES string of the molecule is c1ccc(-c2ccc(-c3c4ccccc4c(-c4ccccc4)c4ccc(-n5c(-c6ccccc6)ccc5-c5ccccc5)cc34)cc2)cc1. The fraction of sp³-hybridized carbons (Fsp3) is 0. The molecule has 0 N–H and O–H groups in total. The summed E-state index contributed by atoms with van der Waals surface area (Å²) in [7, 11) is 0. The molecule has 0 aliphatic heterocycles. The average Bonchev–Trinajstić information content (AvgIpc) is 3.64. The Morgan fingerprint density at radius 2 is 0.612 bits per heavy atom. The van der Waals surface area contributed by atoms with Gasteiger partial charge >= 0.3 is 0 Å². The molecule has 1 nitrogen and oxygen atoms in total. The predicted octanol–water partition coefficient (Wildman–Crippen LogP) is 13.1. The van der Waals surface area contributed by atoms with E-state index in [1.165, 1.54) is 66.1 Å². The van der Waals surface area contributed by atoms with Gasteiger partial charge in [0.1, 0.15) is 0 Å². The van der Waals surface area contributed by atoms with E-state index in [4.69, 9.17) is 0 Å². The van der Waals surface area contributed by atoms with Crippen LogP contribution < -0.4 is 0 Å². The zero-order valence-electron chi connectivity index (χ0n) is 27.0. The summed E-state index contributed by atoms with van der Waals surface area (Å²) in [6.07, 6.45) is 0. The molecule has 9 aromatic rings. The number of hydrogen-bond acceptors (Lipinski definition) is 0. The standard InChI is InChI=1S/C48H33N/c1-5-15-34(16-6-1)35-25-27-39(28-26-35)48-42-24-14-13-23-41(42)47(38-21-11-4-12-22-38)43-30-29-40(33-44(43)48)49-45(36-17-7-2-8-18-36)31-32-46(49)37-19-9-3-10-20-37/h1-33H. The van der Waals surface area contributed by atoms with Gasteiger partial charge in [-0.1, -0.05) is 176 Å². The fourth-order valence-electron chi connectivity index (χ4n) is 7.38. The lowest BCUT2D eigenvalue weighted by Gasteiger charge is -2.20. The summed E-state index contributed by atoms with van der Waals surface area (Å²) < 4.78 is 2.42. The Kier molecular flexibility index (Phi) is 7.22. The molecule has 230 valence electrons. The van der Waals surface area contributed by atoms with E-state index in [-0.39, 0.29) is 0 Å². The Morgan fingerprint density at radius 1 is 0.245 bits per heavy atom. The Labute approximate surface area is 287 Å². The number of benzene rings is 8. The highest BCUT2D eigenvalue weighted by molar-refractivity contribution is 6.21. The van der Waals surface area contributed by atoms with Crippen LogP contribution in [-0.4, -0.2) is 4.57 Å². The molecule has 0 fully saturated rings. The van der Waals surface area contributed by atoms with Gasteiger partial charge in [0.2, 0.25) is 0 Å². The molecule has 0 aliphatic carbocycles.